The zero-order valence-corrected chi connectivity index (χ0v) is 19.4. The number of rotatable bonds is 9. The second-order valence-corrected chi connectivity index (χ2v) is 8.82. The van der Waals surface area contributed by atoms with Crippen molar-refractivity contribution in [1.29, 1.82) is 5.26 Å². The van der Waals surface area contributed by atoms with Gasteiger partial charge in [0, 0.05) is 11.6 Å². The number of hydrogen-bond donors (Lipinski definition) is 1. The molecule has 160 valence electrons. The standard InChI is InChI=1S/C21H20ClN5O2S2/c1-4-8-27-19(14(3)29-17-6-5-16(22)10-13(17)2)25-26-21(27)31-12-18(28)24-20-15(11-23)7-9-30-20/h4-7,9-10,14H,1,8,12H2,2-3H3,(H,24,28). The van der Waals surface area contributed by atoms with Crippen molar-refractivity contribution in [2.75, 3.05) is 11.1 Å². The molecular formula is C21H20ClN5O2S2. The Balaban J connectivity index is 1.70. The summed E-state index contributed by atoms with van der Waals surface area (Å²) in [5.41, 5.74) is 1.37. The van der Waals surface area contributed by atoms with Crippen molar-refractivity contribution in [3.05, 3.63) is 64.3 Å². The number of thioether (sulfide) groups is 1. The zero-order valence-electron chi connectivity index (χ0n) is 17.0. The molecular weight excluding hydrogens is 454 g/mol. The van der Waals surface area contributed by atoms with E-state index in [1.165, 1.54) is 23.1 Å². The molecule has 0 aliphatic rings. The van der Waals surface area contributed by atoms with Crippen LogP contribution < -0.4 is 10.1 Å². The summed E-state index contributed by atoms with van der Waals surface area (Å²) in [5.74, 6) is 1.24. The van der Waals surface area contributed by atoms with E-state index in [0.717, 1.165) is 5.56 Å². The van der Waals surface area contributed by atoms with Crippen LogP contribution in [-0.4, -0.2) is 26.4 Å². The first-order valence-electron chi connectivity index (χ1n) is 9.30. The lowest BCUT2D eigenvalue weighted by molar-refractivity contribution is -0.113. The molecule has 3 rings (SSSR count). The molecule has 1 atom stereocenters. The molecule has 0 saturated heterocycles. The van der Waals surface area contributed by atoms with E-state index in [4.69, 9.17) is 21.6 Å². The van der Waals surface area contributed by atoms with E-state index in [1.54, 1.807) is 23.6 Å². The Kier molecular flexibility index (Phi) is 7.74. The SMILES string of the molecule is C=CCn1c(SCC(=O)Nc2sccc2C#N)nnc1C(C)Oc1ccc(Cl)cc1C. The van der Waals surface area contributed by atoms with E-state index in [-0.39, 0.29) is 17.8 Å². The van der Waals surface area contributed by atoms with Gasteiger partial charge in [0.05, 0.1) is 11.3 Å². The Labute approximate surface area is 193 Å². The lowest BCUT2D eigenvalue weighted by Crippen LogP contribution is -2.15. The van der Waals surface area contributed by atoms with Crippen molar-refractivity contribution < 1.29 is 9.53 Å². The fraction of sp³-hybridized carbons (Fsp3) is 0.238. The van der Waals surface area contributed by atoms with Gasteiger partial charge < -0.3 is 10.1 Å². The monoisotopic (exact) mass is 473 g/mol. The molecule has 0 saturated carbocycles. The van der Waals surface area contributed by atoms with Crippen LogP contribution in [0.1, 0.15) is 30.0 Å². The molecule has 7 nitrogen and oxygen atoms in total. The normalized spacial score (nSPS) is 11.5. The van der Waals surface area contributed by atoms with Crippen molar-refractivity contribution in [2.24, 2.45) is 0 Å². The van der Waals surface area contributed by atoms with Gasteiger partial charge in [-0.25, -0.2) is 0 Å². The second kappa shape index (κ2) is 10.5. The molecule has 1 aromatic carbocycles. The third-order valence-electron chi connectivity index (χ3n) is 4.23. The highest BCUT2D eigenvalue weighted by Gasteiger charge is 2.20. The third kappa shape index (κ3) is 5.67. The highest BCUT2D eigenvalue weighted by atomic mass is 35.5. The maximum absolute atomic E-state index is 12.3. The summed E-state index contributed by atoms with van der Waals surface area (Å²) in [4.78, 5) is 12.3. The number of nitrogens with zero attached hydrogens (tertiary/aromatic N) is 4. The summed E-state index contributed by atoms with van der Waals surface area (Å²) in [6.07, 6.45) is 1.36. The van der Waals surface area contributed by atoms with E-state index in [0.29, 0.717) is 38.9 Å². The number of ether oxygens (including phenoxy) is 1. The number of allylic oxidation sites excluding steroid dienone is 1. The molecule has 2 heterocycles. The van der Waals surface area contributed by atoms with Crippen molar-refractivity contribution in [2.45, 2.75) is 31.7 Å². The van der Waals surface area contributed by atoms with E-state index in [2.05, 4.69) is 28.2 Å². The number of nitrogens with one attached hydrogen (secondary N) is 1. The number of carbonyl (C=O) groups excluding carboxylic acids is 1. The van der Waals surface area contributed by atoms with Crippen LogP contribution in [-0.2, 0) is 11.3 Å². The maximum atomic E-state index is 12.3. The molecule has 1 N–H and O–H groups in total. The number of thiophene rings is 1. The van der Waals surface area contributed by atoms with Crippen LogP contribution >= 0.6 is 34.7 Å². The van der Waals surface area contributed by atoms with Gasteiger partial charge in [-0.1, -0.05) is 29.4 Å². The first-order valence-corrected chi connectivity index (χ1v) is 11.5. The zero-order chi connectivity index (χ0) is 22.4. The molecule has 1 amide bonds. The highest BCUT2D eigenvalue weighted by Crippen LogP contribution is 2.29. The summed E-state index contributed by atoms with van der Waals surface area (Å²) in [6, 6.07) is 9.16. The smallest absolute Gasteiger partial charge is 0.235 e. The van der Waals surface area contributed by atoms with Crippen LogP contribution in [0.3, 0.4) is 0 Å². The number of benzene rings is 1. The minimum Gasteiger partial charge on any atom is -0.482 e. The first kappa shape index (κ1) is 22.9. The molecule has 0 aliphatic carbocycles. The van der Waals surface area contributed by atoms with E-state index in [1.807, 2.05) is 30.5 Å². The number of carbonyl (C=O) groups is 1. The van der Waals surface area contributed by atoms with Crippen molar-refractivity contribution >= 4 is 45.6 Å². The van der Waals surface area contributed by atoms with Gasteiger partial charge in [0.1, 0.15) is 16.8 Å². The number of halogens is 1. The third-order valence-corrected chi connectivity index (χ3v) is 6.26. The lowest BCUT2D eigenvalue weighted by Gasteiger charge is -2.17. The van der Waals surface area contributed by atoms with Crippen molar-refractivity contribution in [3.8, 4) is 11.8 Å². The average molecular weight is 474 g/mol. The number of hydrogen-bond acceptors (Lipinski definition) is 7. The minimum atomic E-state index is -0.375. The molecule has 3 aromatic rings. The predicted molar refractivity (Wildman–Crippen MR) is 124 cm³/mol. The quantitative estimate of drug-likeness (QED) is 0.338. The maximum Gasteiger partial charge on any atom is 0.235 e. The molecule has 2 aromatic heterocycles. The Morgan fingerprint density at radius 3 is 3.00 bits per heavy atom. The molecule has 0 bridgehead atoms. The Morgan fingerprint density at radius 2 is 2.29 bits per heavy atom. The van der Waals surface area contributed by atoms with Gasteiger partial charge in [0.25, 0.3) is 0 Å². The Morgan fingerprint density at radius 1 is 1.48 bits per heavy atom. The fourth-order valence-electron chi connectivity index (χ4n) is 2.78. The molecule has 31 heavy (non-hydrogen) atoms. The van der Waals surface area contributed by atoms with Crippen LogP contribution in [0.25, 0.3) is 0 Å². The highest BCUT2D eigenvalue weighted by molar-refractivity contribution is 7.99. The van der Waals surface area contributed by atoms with Crippen LogP contribution in [0.15, 0.2) is 47.5 Å². The van der Waals surface area contributed by atoms with Gasteiger partial charge in [-0.05, 0) is 49.1 Å². The van der Waals surface area contributed by atoms with Crippen molar-refractivity contribution in [3.63, 3.8) is 0 Å². The number of aryl methyl sites for hydroxylation is 1. The molecule has 0 spiro atoms. The average Bonchev–Trinajstić information content (AvgIpc) is 3.35. The number of aromatic nitrogens is 3. The summed E-state index contributed by atoms with van der Waals surface area (Å²) in [6.45, 7) is 8.09. The van der Waals surface area contributed by atoms with E-state index in [9.17, 15) is 4.79 Å². The molecule has 0 radical (unpaired) electrons. The van der Waals surface area contributed by atoms with Crippen LogP contribution in [0, 0.1) is 18.3 Å². The van der Waals surface area contributed by atoms with Gasteiger partial charge in [-0.15, -0.1) is 28.1 Å². The number of anilines is 1. The van der Waals surface area contributed by atoms with Crippen LogP contribution in [0.5, 0.6) is 5.75 Å². The molecule has 0 aliphatic heterocycles. The topological polar surface area (TPSA) is 92.8 Å². The van der Waals surface area contributed by atoms with Gasteiger partial charge in [-0.2, -0.15) is 5.26 Å². The summed E-state index contributed by atoms with van der Waals surface area (Å²) in [5, 5.41) is 23.9. The van der Waals surface area contributed by atoms with Crippen LogP contribution in [0.4, 0.5) is 5.00 Å². The van der Waals surface area contributed by atoms with E-state index < -0.39 is 0 Å². The summed E-state index contributed by atoms with van der Waals surface area (Å²) >= 11 is 8.59. The largest absolute Gasteiger partial charge is 0.482 e. The van der Waals surface area contributed by atoms with Crippen LogP contribution in [0.2, 0.25) is 5.02 Å². The number of amides is 1. The van der Waals surface area contributed by atoms with Gasteiger partial charge >= 0.3 is 0 Å². The predicted octanol–water partition coefficient (Wildman–Crippen LogP) is 5.23. The minimum absolute atomic E-state index is 0.129. The summed E-state index contributed by atoms with van der Waals surface area (Å²) < 4.78 is 7.94. The molecule has 10 heteroatoms. The fourth-order valence-corrected chi connectivity index (χ4v) is 4.52. The lowest BCUT2D eigenvalue weighted by atomic mass is 10.2. The van der Waals surface area contributed by atoms with Gasteiger partial charge in [0.15, 0.2) is 17.1 Å². The first-order chi connectivity index (χ1) is 14.9. The molecule has 1 unspecified atom stereocenters. The van der Waals surface area contributed by atoms with Gasteiger partial charge in [0.2, 0.25) is 5.91 Å². The van der Waals surface area contributed by atoms with Gasteiger partial charge in [-0.3, -0.25) is 9.36 Å². The second-order valence-electron chi connectivity index (χ2n) is 6.52. The molecule has 0 fully saturated rings. The summed E-state index contributed by atoms with van der Waals surface area (Å²) in [7, 11) is 0. The Hall–Kier alpha value is -2.80. The Bertz CT molecular complexity index is 1140. The van der Waals surface area contributed by atoms with E-state index >= 15 is 0 Å². The van der Waals surface area contributed by atoms with Crippen molar-refractivity contribution in [1.82, 2.24) is 14.8 Å². The number of nitriles is 1.